The van der Waals surface area contributed by atoms with Gasteiger partial charge in [0, 0.05) is 12.1 Å². The Hall–Kier alpha value is -3.18. The number of fused-ring (bicyclic) bond motifs is 1. The van der Waals surface area contributed by atoms with E-state index in [1.807, 2.05) is 60.7 Å². The van der Waals surface area contributed by atoms with Crippen LogP contribution in [-0.4, -0.2) is 30.4 Å². The van der Waals surface area contributed by atoms with Crippen molar-refractivity contribution in [1.29, 1.82) is 0 Å². The summed E-state index contributed by atoms with van der Waals surface area (Å²) in [5.41, 5.74) is 3.07. The van der Waals surface area contributed by atoms with Crippen molar-refractivity contribution >= 4 is 22.6 Å². The number of hydrogen-bond acceptors (Lipinski definition) is 4. The number of aryl methyl sites for hydroxylation is 1. The van der Waals surface area contributed by atoms with E-state index in [1.54, 1.807) is 14.2 Å². The molecule has 0 saturated heterocycles. The van der Waals surface area contributed by atoms with Gasteiger partial charge in [-0.15, -0.1) is 0 Å². The minimum atomic E-state index is 0.613. The van der Waals surface area contributed by atoms with Gasteiger partial charge < -0.3 is 18.8 Å². The number of nitrogens with zero attached hydrogens (tertiary/aromatic N) is 2. The molecule has 0 radical (unpaired) electrons. The highest BCUT2D eigenvalue weighted by Gasteiger charge is 2.14. The van der Waals surface area contributed by atoms with E-state index in [0.29, 0.717) is 23.1 Å². The number of hydrogen-bond donors (Lipinski definition) is 0. The third-order valence-corrected chi connectivity index (χ3v) is 5.48. The van der Waals surface area contributed by atoms with Crippen molar-refractivity contribution in [3.63, 3.8) is 0 Å². The van der Waals surface area contributed by atoms with Crippen LogP contribution < -0.4 is 14.2 Å². The van der Waals surface area contributed by atoms with E-state index >= 15 is 0 Å². The summed E-state index contributed by atoms with van der Waals surface area (Å²) in [6.07, 6.45) is 1.86. The molecule has 1 heterocycles. The molecule has 0 aliphatic carbocycles. The van der Waals surface area contributed by atoms with Gasteiger partial charge in [0.1, 0.15) is 11.6 Å². The molecule has 0 atom stereocenters. The van der Waals surface area contributed by atoms with Gasteiger partial charge in [-0.05, 0) is 55.3 Å². The smallest absolute Gasteiger partial charge is 0.161 e. The molecule has 31 heavy (non-hydrogen) atoms. The average Bonchev–Trinajstić information content (AvgIpc) is 3.18. The quantitative estimate of drug-likeness (QED) is 0.291. The first-order valence-corrected chi connectivity index (χ1v) is 10.6. The Labute approximate surface area is 187 Å². The molecule has 4 aromatic rings. The van der Waals surface area contributed by atoms with Crippen LogP contribution in [0.15, 0.2) is 66.7 Å². The van der Waals surface area contributed by atoms with E-state index in [9.17, 15) is 0 Å². The molecule has 5 nitrogen and oxygen atoms in total. The molecule has 0 bridgehead atoms. The van der Waals surface area contributed by atoms with Crippen molar-refractivity contribution < 1.29 is 14.2 Å². The molecule has 0 saturated carbocycles. The number of ether oxygens (including phenoxy) is 3. The summed E-state index contributed by atoms with van der Waals surface area (Å²) in [5, 5.41) is 0.638. The molecule has 6 heteroatoms. The monoisotopic (exact) mass is 436 g/mol. The van der Waals surface area contributed by atoms with Crippen LogP contribution in [0.25, 0.3) is 22.4 Å². The van der Waals surface area contributed by atoms with E-state index < -0.39 is 0 Å². The van der Waals surface area contributed by atoms with Crippen molar-refractivity contribution in [3.05, 3.63) is 71.8 Å². The predicted octanol–water partition coefficient (Wildman–Crippen LogP) is 6.23. The molecular formula is C25H25ClN2O3. The Morgan fingerprint density at radius 3 is 2.42 bits per heavy atom. The summed E-state index contributed by atoms with van der Waals surface area (Å²) in [6, 6.07) is 21.6. The summed E-state index contributed by atoms with van der Waals surface area (Å²) >= 11 is 6.16. The summed E-state index contributed by atoms with van der Waals surface area (Å²) < 4.78 is 18.9. The van der Waals surface area contributed by atoms with E-state index in [4.69, 9.17) is 30.8 Å². The Morgan fingerprint density at radius 1 is 0.839 bits per heavy atom. The van der Waals surface area contributed by atoms with E-state index in [2.05, 4.69) is 10.6 Å². The van der Waals surface area contributed by atoms with Crippen LogP contribution in [0.2, 0.25) is 5.02 Å². The lowest BCUT2D eigenvalue weighted by molar-refractivity contribution is 0.304. The van der Waals surface area contributed by atoms with Gasteiger partial charge in [-0.2, -0.15) is 0 Å². The van der Waals surface area contributed by atoms with Crippen molar-refractivity contribution in [2.45, 2.75) is 19.4 Å². The number of imidazole rings is 1. The number of para-hydroxylation sites is 3. The van der Waals surface area contributed by atoms with Crippen molar-refractivity contribution in [2.24, 2.45) is 0 Å². The Balaban J connectivity index is 1.52. The van der Waals surface area contributed by atoms with Gasteiger partial charge in [0.2, 0.25) is 0 Å². The maximum Gasteiger partial charge on any atom is 0.161 e. The van der Waals surface area contributed by atoms with Gasteiger partial charge >= 0.3 is 0 Å². The van der Waals surface area contributed by atoms with Crippen LogP contribution in [0.1, 0.15) is 12.8 Å². The van der Waals surface area contributed by atoms with Crippen LogP contribution in [0, 0.1) is 0 Å². The predicted molar refractivity (Wildman–Crippen MR) is 124 cm³/mol. The Morgan fingerprint density at radius 2 is 1.61 bits per heavy atom. The zero-order valence-corrected chi connectivity index (χ0v) is 18.4. The fraction of sp³-hybridized carbons (Fsp3) is 0.240. The minimum absolute atomic E-state index is 0.613. The van der Waals surface area contributed by atoms with Gasteiger partial charge in [0.05, 0.1) is 36.9 Å². The van der Waals surface area contributed by atoms with Gasteiger partial charge in [-0.25, -0.2) is 4.98 Å². The second-order valence-electron chi connectivity index (χ2n) is 7.13. The minimum Gasteiger partial charge on any atom is -0.493 e. The van der Waals surface area contributed by atoms with Crippen molar-refractivity contribution in [2.75, 3.05) is 20.8 Å². The lowest BCUT2D eigenvalue weighted by Crippen LogP contribution is -2.04. The van der Waals surface area contributed by atoms with Crippen molar-refractivity contribution in [1.82, 2.24) is 9.55 Å². The van der Waals surface area contributed by atoms with E-state index in [0.717, 1.165) is 47.6 Å². The van der Waals surface area contributed by atoms with Gasteiger partial charge in [0.25, 0.3) is 0 Å². The molecule has 4 rings (SSSR count). The largest absolute Gasteiger partial charge is 0.493 e. The molecule has 0 spiro atoms. The van der Waals surface area contributed by atoms with E-state index in [1.165, 1.54) is 0 Å². The summed E-state index contributed by atoms with van der Waals surface area (Å²) in [7, 11) is 3.28. The van der Waals surface area contributed by atoms with Gasteiger partial charge in [0.15, 0.2) is 11.5 Å². The summed E-state index contributed by atoms with van der Waals surface area (Å²) in [5.74, 6) is 3.02. The number of halogens is 1. The fourth-order valence-corrected chi connectivity index (χ4v) is 3.80. The average molecular weight is 437 g/mol. The molecule has 0 amide bonds. The molecule has 0 aliphatic heterocycles. The molecule has 0 unspecified atom stereocenters. The molecule has 160 valence electrons. The number of unbranched alkanes of at least 4 members (excludes halogenated alkanes) is 1. The molecule has 0 fully saturated rings. The molecule has 0 N–H and O–H groups in total. The highest BCUT2D eigenvalue weighted by atomic mass is 35.5. The Kier molecular flexibility index (Phi) is 6.63. The lowest BCUT2D eigenvalue weighted by atomic mass is 10.2. The maximum absolute atomic E-state index is 6.16. The summed E-state index contributed by atoms with van der Waals surface area (Å²) in [6.45, 7) is 1.44. The highest BCUT2D eigenvalue weighted by Crippen LogP contribution is 2.33. The van der Waals surface area contributed by atoms with Crippen molar-refractivity contribution in [3.8, 4) is 28.6 Å². The van der Waals surface area contributed by atoms with Crippen LogP contribution >= 0.6 is 11.6 Å². The number of rotatable bonds is 9. The molecular weight excluding hydrogens is 412 g/mol. The topological polar surface area (TPSA) is 45.5 Å². The van der Waals surface area contributed by atoms with Crippen LogP contribution in [0.5, 0.6) is 17.2 Å². The fourth-order valence-electron chi connectivity index (χ4n) is 3.61. The first-order valence-electron chi connectivity index (χ1n) is 10.3. The molecule has 3 aromatic carbocycles. The first-order chi connectivity index (χ1) is 15.2. The van der Waals surface area contributed by atoms with Crippen LogP contribution in [0.4, 0.5) is 0 Å². The maximum atomic E-state index is 6.16. The standard InChI is InChI=1S/C25H25ClN2O3/c1-29-23-14-13-18(17-24(23)30-2)25-27-20-10-4-5-11-21(20)28(25)15-7-8-16-31-22-12-6-3-9-19(22)26/h3-6,9-14,17H,7-8,15-16H2,1-2H3. The SMILES string of the molecule is COc1ccc(-c2nc3ccccc3n2CCCCOc2ccccc2Cl)cc1OC. The highest BCUT2D eigenvalue weighted by molar-refractivity contribution is 6.32. The number of benzene rings is 3. The normalized spacial score (nSPS) is 10.9. The zero-order chi connectivity index (χ0) is 21.6. The lowest BCUT2D eigenvalue weighted by Gasteiger charge is -2.12. The van der Waals surface area contributed by atoms with Crippen LogP contribution in [0.3, 0.4) is 0 Å². The van der Waals surface area contributed by atoms with Gasteiger partial charge in [-0.3, -0.25) is 0 Å². The Bertz CT molecular complexity index is 1170. The molecule has 0 aliphatic rings. The van der Waals surface area contributed by atoms with E-state index in [-0.39, 0.29) is 0 Å². The molecule has 1 aromatic heterocycles. The van der Waals surface area contributed by atoms with Gasteiger partial charge in [-0.1, -0.05) is 35.9 Å². The number of methoxy groups -OCH3 is 2. The first kappa shape index (κ1) is 21.1. The zero-order valence-electron chi connectivity index (χ0n) is 17.7. The van der Waals surface area contributed by atoms with Crippen LogP contribution in [-0.2, 0) is 6.54 Å². The third kappa shape index (κ3) is 4.62. The third-order valence-electron chi connectivity index (χ3n) is 5.17. The number of aromatic nitrogens is 2. The second-order valence-corrected chi connectivity index (χ2v) is 7.54. The summed E-state index contributed by atoms with van der Waals surface area (Å²) in [4.78, 5) is 4.89. The second kappa shape index (κ2) is 9.75.